The van der Waals surface area contributed by atoms with Crippen molar-refractivity contribution < 1.29 is 19.1 Å². The second-order valence-electron chi connectivity index (χ2n) is 3.80. The van der Waals surface area contributed by atoms with Gasteiger partial charge in [0, 0.05) is 0 Å². The van der Waals surface area contributed by atoms with Gasteiger partial charge in [0.1, 0.15) is 11.8 Å². The highest BCUT2D eigenvalue weighted by Gasteiger charge is 2.09. The van der Waals surface area contributed by atoms with Gasteiger partial charge in [-0.25, -0.2) is 0 Å². The lowest BCUT2D eigenvalue weighted by Gasteiger charge is -2.03. The number of nitrogens with two attached hydrogens (primary N) is 2. The van der Waals surface area contributed by atoms with Gasteiger partial charge in [-0.05, 0) is 38.4 Å². The molecule has 1 heterocycles. The molecule has 0 aliphatic heterocycles. The normalized spacial score (nSPS) is 11.3. The Morgan fingerprint density at radius 2 is 2.17 bits per heavy atom. The Kier molecular flexibility index (Phi) is 8.51. The van der Waals surface area contributed by atoms with Crippen LogP contribution in [0.1, 0.15) is 35.6 Å². The monoisotopic (exact) mass is 256 g/mol. The summed E-state index contributed by atoms with van der Waals surface area (Å²) >= 11 is 0. The molecule has 0 aliphatic rings. The molecule has 5 N–H and O–H groups in total. The van der Waals surface area contributed by atoms with Crippen LogP contribution >= 0.6 is 0 Å². The number of unbranched alkanes of at least 4 members (excludes halogenated alkanes) is 1. The summed E-state index contributed by atoms with van der Waals surface area (Å²) in [6, 6.07) is 2.68. The van der Waals surface area contributed by atoms with Crippen molar-refractivity contribution in [3.05, 3.63) is 23.7 Å². The minimum Gasteiger partial charge on any atom is -0.480 e. The largest absolute Gasteiger partial charge is 0.480 e. The molecule has 0 amide bonds. The first kappa shape index (κ1) is 16.3. The van der Waals surface area contributed by atoms with Crippen molar-refractivity contribution in [2.45, 2.75) is 32.2 Å². The van der Waals surface area contributed by atoms with Gasteiger partial charge in [-0.1, -0.05) is 6.42 Å². The number of carbonyl (C=O) groups is 2. The zero-order valence-corrected chi connectivity index (χ0v) is 10.5. The average molecular weight is 256 g/mol. The first-order valence-corrected chi connectivity index (χ1v) is 5.71. The Balaban J connectivity index is 0.000000327. The smallest absolute Gasteiger partial charge is 0.320 e. The number of aliphatic carboxylic acids is 1. The number of aryl methyl sites for hydroxylation is 1. The summed E-state index contributed by atoms with van der Waals surface area (Å²) in [5.41, 5.74) is 10.4. The molecule has 0 unspecified atom stereocenters. The molecule has 1 aromatic rings. The molecule has 102 valence electrons. The zero-order chi connectivity index (χ0) is 14.0. The van der Waals surface area contributed by atoms with Gasteiger partial charge >= 0.3 is 5.97 Å². The van der Waals surface area contributed by atoms with E-state index in [1.807, 2.05) is 0 Å². The third-order valence-corrected chi connectivity index (χ3v) is 2.16. The third-order valence-electron chi connectivity index (χ3n) is 2.16. The van der Waals surface area contributed by atoms with Gasteiger partial charge in [0.2, 0.25) is 0 Å². The first-order chi connectivity index (χ1) is 8.51. The van der Waals surface area contributed by atoms with Crippen LogP contribution in [-0.4, -0.2) is 29.9 Å². The Morgan fingerprint density at radius 3 is 2.50 bits per heavy atom. The van der Waals surface area contributed by atoms with Crippen LogP contribution in [0.4, 0.5) is 0 Å². The molecular formula is C12H20N2O4. The maximum absolute atomic E-state index is 10.1. The fourth-order valence-corrected chi connectivity index (χ4v) is 1.15. The van der Waals surface area contributed by atoms with E-state index in [-0.39, 0.29) is 0 Å². The summed E-state index contributed by atoms with van der Waals surface area (Å²) in [5, 5.41) is 8.33. The summed E-state index contributed by atoms with van der Waals surface area (Å²) < 4.78 is 4.86. The van der Waals surface area contributed by atoms with Crippen molar-refractivity contribution >= 4 is 12.3 Å². The summed E-state index contributed by atoms with van der Waals surface area (Å²) in [7, 11) is 0. The van der Waals surface area contributed by atoms with Gasteiger partial charge in [0.05, 0.1) is 0 Å². The van der Waals surface area contributed by atoms with Crippen LogP contribution < -0.4 is 11.5 Å². The predicted molar refractivity (Wildman–Crippen MR) is 67.3 cm³/mol. The molecule has 1 atom stereocenters. The summed E-state index contributed by atoms with van der Waals surface area (Å²) in [4.78, 5) is 20.1. The lowest BCUT2D eigenvalue weighted by molar-refractivity contribution is -0.138. The SMILES string of the molecule is Cc1ccc(C=O)o1.NCCCC[C@H](N)C(=O)O. The van der Waals surface area contributed by atoms with E-state index in [1.54, 1.807) is 19.1 Å². The van der Waals surface area contributed by atoms with Crippen molar-refractivity contribution in [3.8, 4) is 0 Å². The third kappa shape index (κ3) is 7.59. The fourth-order valence-electron chi connectivity index (χ4n) is 1.15. The predicted octanol–water partition coefficient (Wildman–Crippen LogP) is 0.928. The molecule has 0 spiro atoms. The van der Waals surface area contributed by atoms with Crippen LogP contribution in [0.25, 0.3) is 0 Å². The van der Waals surface area contributed by atoms with Crippen molar-refractivity contribution in [2.75, 3.05) is 6.54 Å². The molecular weight excluding hydrogens is 236 g/mol. The Morgan fingerprint density at radius 1 is 1.50 bits per heavy atom. The molecule has 18 heavy (non-hydrogen) atoms. The number of hydrogen-bond donors (Lipinski definition) is 3. The van der Waals surface area contributed by atoms with Crippen LogP contribution in [0.5, 0.6) is 0 Å². The summed E-state index contributed by atoms with van der Waals surface area (Å²) in [6.45, 7) is 2.40. The second-order valence-corrected chi connectivity index (χ2v) is 3.80. The number of carboxylic acid groups (broad SMARTS) is 1. The number of furan rings is 1. The Labute approximate surface area is 106 Å². The standard InChI is InChI=1S/C6H14N2O2.C6H6O2/c7-4-2-1-3-5(8)6(9)10;1-5-2-3-6(4-7)8-5/h5H,1-4,7-8H2,(H,9,10);2-4H,1H3/t5-;/m0./s1. The minimum atomic E-state index is -0.933. The maximum atomic E-state index is 10.1. The molecule has 0 radical (unpaired) electrons. The van der Waals surface area contributed by atoms with E-state index >= 15 is 0 Å². The lowest BCUT2D eigenvalue weighted by Crippen LogP contribution is -2.29. The highest BCUT2D eigenvalue weighted by molar-refractivity contribution is 5.72. The molecule has 6 nitrogen and oxygen atoms in total. The second kappa shape index (κ2) is 9.38. The van der Waals surface area contributed by atoms with E-state index in [4.69, 9.17) is 21.0 Å². The summed E-state index contributed by atoms with van der Waals surface area (Å²) in [6.07, 6.45) is 2.85. The maximum Gasteiger partial charge on any atom is 0.320 e. The topological polar surface area (TPSA) is 120 Å². The number of rotatable bonds is 6. The number of aldehydes is 1. The van der Waals surface area contributed by atoms with Gasteiger partial charge in [-0.2, -0.15) is 0 Å². The van der Waals surface area contributed by atoms with Crippen LogP contribution in [0.2, 0.25) is 0 Å². The van der Waals surface area contributed by atoms with Crippen LogP contribution in [0, 0.1) is 6.92 Å². The molecule has 1 rings (SSSR count). The van der Waals surface area contributed by atoms with Crippen LogP contribution in [0.15, 0.2) is 16.5 Å². The van der Waals surface area contributed by atoms with Gasteiger partial charge in [0.15, 0.2) is 12.0 Å². The van der Waals surface area contributed by atoms with Crippen LogP contribution in [-0.2, 0) is 4.79 Å². The molecule has 0 saturated heterocycles. The molecule has 0 aliphatic carbocycles. The quantitative estimate of drug-likeness (QED) is 0.514. The van der Waals surface area contributed by atoms with E-state index in [9.17, 15) is 9.59 Å². The van der Waals surface area contributed by atoms with Crippen molar-refractivity contribution in [1.29, 1.82) is 0 Å². The van der Waals surface area contributed by atoms with Gasteiger partial charge in [-0.3, -0.25) is 9.59 Å². The van der Waals surface area contributed by atoms with Gasteiger partial charge in [-0.15, -0.1) is 0 Å². The molecule has 1 aromatic heterocycles. The minimum absolute atomic E-state index is 0.391. The zero-order valence-electron chi connectivity index (χ0n) is 10.5. The fraction of sp³-hybridized carbons (Fsp3) is 0.500. The Hall–Kier alpha value is -1.66. The van der Waals surface area contributed by atoms with Gasteiger partial charge < -0.3 is 21.0 Å². The molecule has 0 aromatic carbocycles. The summed E-state index contributed by atoms with van der Waals surface area (Å²) in [5.74, 6) is 0.228. The van der Waals surface area contributed by atoms with E-state index in [2.05, 4.69) is 0 Å². The Bertz CT molecular complexity index is 363. The molecule has 0 fully saturated rings. The average Bonchev–Trinajstić information content (AvgIpc) is 2.76. The highest BCUT2D eigenvalue weighted by Crippen LogP contribution is 2.01. The van der Waals surface area contributed by atoms with Crippen molar-refractivity contribution in [2.24, 2.45) is 11.5 Å². The van der Waals surface area contributed by atoms with E-state index in [0.29, 0.717) is 25.0 Å². The molecule has 6 heteroatoms. The highest BCUT2D eigenvalue weighted by atomic mass is 16.4. The number of hydrogen-bond acceptors (Lipinski definition) is 5. The molecule has 0 bridgehead atoms. The molecule has 0 saturated carbocycles. The first-order valence-electron chi connectivity index (χ1n) is 5.71. The van der Waals surface area contributed by atoms with Crippen molar-refractivity contribution in [1.82, 2.24) is 0 Å². The number of carboxylic acids is 1. The van der Waals surface area contributed by atoms with Gasteiger partial charge in [0.25, 0.3) is 0 Å². The van der Waals surface area contributed by atoms with E-state index < -0.39 is 12.0 Å². The lowest BCUT2D eigenvalue weighted by atomic mass is 10.1. The van der Waals surface area contributed by atoms with E-state index in [1.165, 1.54) is 0 Å². The van der Waals surface area contributed by atoms with Crippen molar-refractivity contribution in [3.63, 3.8) is 0 Å². The number of carbonyl (C=O) groups excluding carboxylic acids is 1. The van der Waals surface area contributed by atoms with E-state index in [0.717, 1.165) is 18.6 Å². The van der Waals surface area contributed by atoms with Crippen LogP contribution in [0.3, 0.4) is 0 Å².